The third kappa shape index (κ3) is 1.68. The summed E-state index contributed by atoms with van der Waals surface area (Å²) in [6, 6.07) is 6.40. The number of alkyl halides is 1. The molecule has 0 spiro atoms. The Morgan fingerprint density at radius 1 is 1.50 bits per heavy atom. The summed E-state index contributed by atoms with van der Waals surface area (Å²) in [6.07, 6.45) is 3.75. The third-order valence-electron chi connectivity index (χ3n) is 2.99. The molecule has 0 aromatic heterocycles. The minimum Gasteiger partial charge on any atom is -0.496 e. The predicted octanol–water partition coefficient (Wildman–Crippen LogP) is 3.51. The molecule has 0 heterocycles. The second-order valence-corrected chi connectivity index (χ2v) is 4.42. The largest absolute Gasteiger partial charge is 0.496 e. The van der Waals surface area contributed by atoms with Crippen LogP contribution in [0.15, 0.2) is 18.2 Å². The molecule has 1 aromatic rings. The first-order valence-electron chi connectivity index (χ1n) is 5.08. The van der Waals surface area contributed by atoms with Crippen LogP contribution in [0.4, 0.5) is 0 Å². The van der Waals surface area contributed by atoms with Crippen LogP contribution < -0.4 is 4.74 Å². The molecule has 0 amide bonds. The average molecular weight is 255 g/mol. The number of halogens is 1. The Morgan fingerprint density at radius 3 is 3.07 bits per heavy atom. The summed E-state index contributed by atoms with van der Waals surface area (Å²) >= 11 is 3.59. The van der Waals surface area contributed by atoms with Gasteiger partial charge in [-0.05, 0) is 42.4 Å². The highest BCUT2D eigenvalue weighted by Gasteiger charge is 2.21. The molecule has 1 aliphatic carbocycles. The number of hydrogen-bond donors (Lipinski definition) is 0. The zero-order valence-electron chi connectivity index (χ0n) is 8.42. The monoisotopic (exact) mass is 254 g/mol. The van der Waals surface area contributed by atoms with Crippen LogP contribution in [0.25, 0.3) is 0 Å². The first kappa shape index (κ1) is 10.0. The van der Waals surface area contributed by atoms with Gasteiger partial charge in [-0.3, -0.25) is 0 Å². The summed E-state index contributed by atoms with van der Waals surface area (Å²) in [4.78, 5) is 0. The minimum absolute atomic E-state index is 0.675. The molecule has 14 heavy (non-hydrogen) atoms. The lowest BCUT2D eigenvalue weighted by Crippen LogP contribution is -2.11. The SMILES string of the molecule is COc1cccc2c1CCCC2CBr. The zero-order valence-corrected chi connectivity index (χ0v) is 10.0. The molecular weight excluding hydrogens is 240 g/mol. The van der Waals surface area contributed by atoms with E-state index < -0.39 is 0 Å². The lowest BCUT2D eigenvalue weighted by Gasteiger charge is -2.25. The Labute approximate surface area is 93.6 Å². The lowest BCUT2D eigenvalue weighted by molar-refractivity contribution is 0.404. The molecule has 1 nitrogen and oxygen atoms in total. The van der Waals surface area contributed by atoms with Crippen LogP contribution in [0.5, 0.6) is 5.75 Å². The summed E-state index contributed by atoms with van der Waals surface area (Å²) in [7, 11) is 1.76. The predicted molar refractivity (Wildman–Crippen MR) is 62.5 cm³/mol. The van der Waals surface area contributed by atoms with Gasteiger partial charge in [-0.25, -0.2) is 0 Å². The zero-order chi connectivity index (χ0) is 9.97. The molecule has 1 atom stereocenters. The fourth-order valence-corrected chi connectivity index (χ4v) is 2.94. The standard InChI is InChI=1S/C12H15BrO/c1-14-12-7-3-5-10-9(8-13)4-2-6-11(10)12/h3,5,7,9H,2,4,6,8H2,1H3. The van der Waals surface area contributed by atoms with Crippen LogP contribution in [0.3, 0.4) is 0 Å². The van der Waals surface area contributed by atoms with Crippen LogP contribution in [0.2, 0.25) is 0 Å². The van der Waals surface area contributed by atoms with Gasteiger partial charge >= 0.3 is 0 Å². The molecule has 76 valence electrons. The van der Waals surface area contributed by atoms with E-state index in [0.717, 1.165) is 11.1 Å². The number of hydrogen-bond acceptors (Lipinski definition) is 1. The Hall–Kier alpha value is -0.500. The highest BCUT2D eigenvalue weighted by molar-refractivity contribution is 9.09. The van der Waals surface area contributed by atoms with E-state index in [9.17, 15) is 0 Å². The summed E-state index contributed by atoms with van der Waals surface area (Å²) in [5.74, 6) is 1.74. The molecule has 0 N–H and O–H groups in total. The maximum Gasteiger partial charge on any atom is 0.122 e. The quantitative estimate of drug-likeness (QED) is 0.735. The van der Waals surface area contributed by atoms with Gasteiger partial charge in [0.2, 0.25) is 0 Å². The molecule has 1 aliphatic rings. The molecule has 0 fully saturated rings. The van der Waals surface area contributed by atoms with Gasteiger partial charge in [0.25, 0.3) is 0 Å². The van der Waals surface area contributed by atoms with E-state index in [0.29, 0.717) is 5.92 Å². The van der Waals surface area contributed by atoms with Gasteiger partial charge in [0, 0.05) is 5.33 Å². The number of benzene rings is 1. The molecule has 0 saturated carbocycles. The van der Waals surface area contributed by atoms with Gasteiger partial charge in [0.05, 0.1) is 7.11 Å². The summed E-state index contributed by atoms with van der Waals surface area (Å²) < 4.78 is 5.39. The second-order valence-electron chi connectivity index (χ2n) is 3.77. The van der Waals surface area contributed by atoms with Crippen molar-refractivity contribution in [3.8, 4) is 5.75 Å². The number of methoxy groups -OCH3 is 1. The minimum atomic E-state index is 0.675. The highest BCUT2D eigenvalue weighted by atomic mass is 79.9. The van der Waals surface area contributed by atoms with Crippen LogP contribution in [-0.4, -0.2) is 12.4 Å². The fraction of sp³-hybridized carbons (Fsp3) is 0.500. The van der Waals surface area contributed by atoms with Gasteiger partial charge in [0.1, 0.15) is 5.75 Å². The summed E-state index contributed by atoms with van der Waals surface area (Å²) in [5.41, 5.74) is 2.90. The fourth-order valence-electron chi connectivity index (χ4n) is 2.26. The second kappa shape index (κ2) is 4.35. The number of rotatable bonds is 2. The Kier molecular flexibility index (Phi) is 3.12. The van der Waals surface area contributed by atoms with Crippen molar-refractivity contribution < 1.29 is 4.74 Å². The van der Waals surface area contributed by atoms with Crippen molar-refractivity contribution >= 4 is 15.9 Å². The summed E-state index contributed by atoms with van der Waals surface area (Å²) in [6.45, 7) is 0. The average Bonchev–Trinajstić information content (AvgIpc) is 2.27. The normalized spacial score (nSPS) is 20.3. The van der Waals surface area contributed by atoms with Crippen molar-refractivity contribution in [2.24, 2.45) is 0 Å². The molecule has 0 radical (unpaired) electrons. The smallest absolute Gasteiger partial charge is 0.122 e. The maximum absolute atomic E-state index is 5.39. The van der Waals surface area contributed by atoms with Gasteiger partial charge in [-0.2, -0.15) is 0 Å². The Balaban J connectivity index is 2.43. The van der Waals surface area contributed by atoms with Crippen molar-refractivity contribution in [1.82, 2.24) is 0 Å². The van der Waals surface area contributed by atoms with E-state index in [2.05, 4.69) is 34.1 Å². The lowest BCUT2D eigenvalue weighted by atomic mass is 9.83. The van der Waals surface area contributed by atoms with E-state index >= 15 is 0 Å². The van der Waals surface area contributed by atoms with Crippen LogP contribution in [0, 0.1) is 0 Å². The van der Waals surface area contributed by atoms with Crippen LogP contribution in [0.1, 0.15) is 29.9 Å². The van der Waals surface area contributed by atoms with Gasteiger partial charge in [-0.15, -0.1) is 0 Å². The molecular formula is C12H15BrO. The summed E-state index contributed by atoms with van der Waals surface area (Å²) in [5, 5.41) is 1.06. The van der Waals surface area contributed by atoms with E-state index in [1.54, 1.807) is 7.11 Å². The topological polar surface area (TPSA) is 9.23 Å². The van der Waals surface area contributed by atoms with Gasteiger partial charge < -0.3 is 4.74 Å². The van der Waals surface area contributed by atoms with E-state index in [1.165, 1.54) is 30.4 Å². The van der Waals surface area contributed by atoms with Crippen LogP contribution in [-0.2, 0) is 6.42 Å². The van der Waals surface area contributed by atoms with E-state index in [4.69, 9.17) is 4.74 Å². The van der Waals surface area contributed by atoms with Crippen molar-refractivity contribution in [2.45, 2.75) is 25.2 Å². The van der Waals surface area contributed by atoms with Crippen molar-refractivity contribution in [2.75, 3.05) is 12.4 Å². The Morgan fingerprint density at radius 2 is 2.36 bits per heavy atom. The van der Waals surface area contributed by atoms with Gasteiger partial charge in [0.15, 0.2) is 0 Å². The Bertz CT molecular complexity index is 322. The number of fused-ring (bicyclic) bond motifs is 1. The van der Waals surface area contributed by atoms with Crippen LogP contribution >= 0.6 is 15.9 Å². The number of ether oxygens (including phenoxy) is 1. The van der Waals surface area contributed by atoms with Gasteiger partial charge in [-0.1, -0.05) is 28.1 Å². The highest BCUT2D eigenvalue weighted by Crippen LogP contribution is 2.37. The molecule has 2 rings (SSSR count). The molecule has 0 saturated heterocycles. The molecule has 0 aliphatic heterocycles. The molecule has 2 heteroatoms. The third-order valence-corrected chi connectivity index (χ3v) is 3.78. The van der Waals surface area contributed by atoms with Crippen molar-refractivity contribution in [1.29, 1.82) is 0 Å². The van der Waals surface area contributed by atoms with E-state index in [-0.39, 0.29) is 0 Å². The van der Waals surface area contributed by atoms with Crippen molar-refractivity contribution in [3.63, 3.8) is 0 Å². The van der Waals surface area contributed by atoms with Crippen molar-refractivity contribution in [3.05, 3.63) is 29.3 Å². The molecule has 0 bridgehead atoms. The first-order valence-corrected chi connectivity index (χ1v) is 6.20. The first-order chi connectivity index (χ1) is 6.86. The maximum atomic E-state index is 5.39. The molecule has 1 unspecified atom stereocenters. The molecule has 1 aromatic carbocycles. The van der Waals surface area contributed by atoms with E-state index in [1.807, 2.05) is 0 Å².